The molecule has 0 aliphatic rings. The lowest BCUT2D eigenvalue weighted by Crippen LogP contribution is -2.55. The van der Waals surface area contributed by atoms with Gasteiger partial charge in [-0.25, -0.2) is 15.0 Å². The lowest BCUT2D eigenvalue weighted by Gasteiger charge is -2.20. The van der Waals surface area contributed by atoms with E-state index in [2.05, 4.69) is 83.4 Å². The van der Waals surface area contributed by atoms with Crippen LogP contribution in [0.25, 0.3) is 94.7 Å². The van der Waals surface area contributed by atoms with Crippen molar-refractivity contribution in [2.75, 3.05) is 0 Å². The van der Waals surface area contributed by atoms with Crippen molar-refractivity contribution in [3.05, 3.63) is 140 Å². The molecule has 0 amide bonds. The maximum atomic E-state index is 6.61. The fourth-order valence-corrected chi connectivity index (χ4v) is 7.60. The molecule has 0 atom stereocenters. The van der Waals surface area contributed by atoms with Gasteiger partial charge >= 0.3 is 0 Å². The van der Waals surface area contributed by atoms with Gasteiger partial charge in [0.25, 0.3) is 0 Å². The number of benzene rings is 7. The Labute approximate surface area is 323 Å². The molecular weight excluding hydrogens is 667 g/mol. The van der Waals surface area contributed by atoms with Crippen molar-refractivity contribution in [2.45, 2.75) is 0 Å². The molecule has 10 radical (unpaired) electrons. The van der Waals surface area contributed by atoms with Crippen molar-refractivity contribution in [3.8, 4) is 51.0 Å². The van der Waals surface area contributed by atoms with E-state index in [-0.39, 0.29) is 33.1 Å². The van der Waals surface area contributed by atoms with Gasteiger partial charge in [0.1, 0.15) is 50.4 Å². The Morgan fingerprint density at radius 2 is 0.982 bits per heavy atom. The van der Waals surface area contributed by atoms with E-state index in [1.54, 1.807) is 0 Å². The van der Waals surface area contributed by atoms with Crippen LogP contribution in [-0.2, 0) is 0 Å². The Hall–Kier alpha value is -6.53. The van der Waals surface area contributed by atoms with Crippen LogP contribution < -0.4 is 27.3 Å². The number of para-hydroxylation sites is 1. The van der Waals surface area contributed by atoms with E-state index in [4.69, 9.17) is 58.6 Å². The standard InChI is InChI=1S/C45H23B5N4O/c46-38-37(39(47)41(49)42(50)40(38)48)45-52-43(25-12-5-2-6-13-25)51-44(53-45)27-19-21-30-35(23-27)55-34-17-9-16-32(36(30)34)54-31-15-8-7-14-28(31)29-20-18-26(22-33(29)54)24-10-3-1-4-11-24/h1-23H. The van der Waals surface area contributed by atoms with Crippen LogP contribution in [0.15, 0.2) is 144 Å². The summed E-state index contributed by atoms with van der Waals surface area (Å²) in [6.45, 7) is 0. The minimum absolute atomic E-state index is 0.114. The average Bonchev–Trinajstić information content (AvgIpc) is 3.78. The molecule has 0 saturated heterocycles. The topological polar surface area (TPSA) is 56.7 Å². The maximum absolute atomic E-state index is 6.61. The van der Waals surface area contributed by atoms with Gasteiger partial charge in [-0.1, -0.05) is 114 Å². The molecule has 244 valence electrons. The number of fused-ring (bicyclic) bond motifs is 6. The SMILES string of the molecule is [B]c1c([B])c([B])c(-c2nc(-c3ccccc3)nc(-c3ccc4c(c3)oc3cccc(-n5c6ccccc6c6ccc(-c7ccccc7)cc65)c34)n2)c([B])c1[B]. The van der Waals surface area contributed by atoms with Crippen LogP contribution in [0.3, 0.4) is 0 Å². The van der Waals surface area contributed by atoms with Crippen LogP contribution in [0, 0.1) is 0 Å². The molecule has 0 aliphatic carbocycles. The Bertz CT molecular complexity index is 3130. The quantitative estimate of drug-likeness (QED) is 0.224. The van der Waals surface area contributed by atoms with Gasteiger partial charge in [-0.2, -0.15) is 0 Å². The van der Waals surface area contributed by atoms with Crippen molar-refractivity contribution in [2.24, 2.45) is 0 Å². The second-order valence-corrected chi connectivity index (χ2v) is 13.5. The van der Waals surface area contributed by atoms with E-state index in [0.717, 1.165) is 49.8 Å². The molecule has 0 spiro atoms. The summed E-state index contributed by atoms with van der Waals surface area (Å²) >= 11 is 0. The molecule has 3 heterocycles. The highest BCUT2D eigenvalue weighted by Crippen LogP contribution is 2.40. The predicted octanol–water partition coefficient (Wildman–Crippen LogP) is 5.51. The Balaban J connectivity index is 1.18. The molecule has 0 bridgehead atoms. The summed E-state index contributed by atoms with van der Waals surface area (Å²) in [5.74, 6) is 1.02. The lowest BCUT2D eigenvalue weighted by molar-refractivity contribution is 0.669. The van der Waals surface area contributed by atoms with E-state index in [9.17, 15) is 0 Å². The van der Waals surface area contributed by atoms with E-state index in [1.165, 1.54) is 10.8 Å². The number of aromatic nitrogens is 4. The molecule has 0 N–H and O–H groups in total. The fourth-order valence-electron chi connectivity index (χ4n) is 7.60. The number of hydrogen-bond donors (Lipinski definition) is 0. The molecule has 7 aromatic carbocycles. The number of nitrogens with zero attached hydrogens (tertiary/aromatic N) is 4. The van der Waals surface area contributed by atoms with Gasteiger partial charge < -0.3 is 8.98 Å². The van der Waals surface area contributed by atoms with Gasteiger partial charge in [-0.05, 0) is 47.5 Å². The Kier molecular flexibility index (Phi) is 7.70. The van der Waals surface area contributed by atoms with Crippen LogP contribution in [0.1, 0.15) is 0 Å². The van der Waals surface area contributed by atoms with E-state index in [0.29, 0.717) is 28.4 Å². The summed E-state index contributed by atoms with van der Waals surface area (Å²) < 4.78 is 8.95. The molecule has 55 heavy (non-hydrogen) atoms. The highest BCUT2D eigenvalue weighted by atomic mass is 16.3. The van der Waals surface area contributed by atoms with Crippen molar-refractivity contribution < 1.29 is 4.42 Å². The molecule has 5 nitrogen and oxygen atoms in total. The van der Waals surface area contributed by atoms with Gasteiger partial charge in [-0.15, -0.1) is 16.4 Å². The fraction of sp³-hybridized carbons (Fsp3) is 0. The summed E-state index contributed by atoms with van der Waals surface area (Å²) in [5.41, 5.74) is 9.35. The zero-order chi connectivity index (χ0) is 37.4. The molecule has 3 aromatic heterocycles. The van der Waals surface area contributed by atoms with Gasteiger partial charge in [0.2, 0.25) is 0 Å². The highest BCUT2D eigenvalue weighted by Gasteiger charge is 2.21. The van der Waals surface area contributed by atoms with Crippen molar-refractivity contribution in [1.82, 2.24) is 19.5 Å². The second-order valence-electron chi connectivity index (χ2n) is 13.5. The first-order valence-electron chi connectivity index (χ1n) is 17.7. The zero-order valence-corrected chi connectivity index (χ0v) is 29.4. The third kappa shape index (κ3) is 5.27. The van der Waals surface area contributed by atoms with Gasteiger partial charge in [0.15, 0.2) is 17.5 Å². The normalized spacial score (nSPS) is 11.6. The molecule has 0 saturated carbocycles. The number of hydrogen-bond acceptors (Lipinski definition) is 4. The van der Waals surface area contributed by atoms with Crippen molar-refractivity contribution in [1.29, 1.82) is 0 Å². The van der Waals surface area contributed by atoms with E-state index < -0.39 is 0 Å². The monoisotopic (exact) mass is 690 g/mol. The van der Waals surface area contributed by atoms with Crippen LogP contribution >= 0.6 is 0 Å². The third-order valence-corrected chi connectivity index (χ3v) is 10.3. The van der Waals surface area contributed by atoms with E-state index >= 15 is 0 Å². The third-order valence-electron chi connectivity index (χ3n) is 10.3. The molecular formula is C45H23B5N4O. The van der Waals surface area contributed by atoms with Crippen molar-refractivity contribution >= 4 is 110 Å². The summed E-state index contributed by atoms with van der Waals surface area (Å²) in [6.07, 6.45) is 0. The largest absolute Gasteiger partial charge is 0.456 e. The minimum atomic E-state index is 0.114. The minimum Gasteiger partial charge on any atom is -0.456 e. The second kappa shape index (κ2) is 12.8. The summed E-state index contributed by atoms with van der Waals surface area (Å²) in [7, 11) is 31.6. The van der Waals surface area contributed by atoms with E-state index in [1.807, 2.05) is 60.7 Å². The Morgan fingerprint density at radius 3 is 1.73 bits per heavy atom. The van der Waals surface area contributed by atoms with Crippen LogP contribution in [0.2, 0.25) is 0 Å². The number of rotatable bonds is 5. The molecule has 10 aromatic rings. The summed E-state index contributed by atoms with van der Waals surface area (Å²) in [4.78, 5) is 14.6. The molecule has 0 aliphatic heterocycles. The maximum Gasteiger partial charge on any atom is 0.164 e. The van der Waals surface area contributed by atoms with Crippen LogP contribution in [0.4, 0.5) is 0 Å². The van der Waals surface area contributed by atoms with Gasteiger partial charge in [-0.3, -0.25) is 0 Å². The first kappa shape index (κ1) is 33.1. The zero-order valence-electron chi connectivity index (χ0n) is 29.4. The first-order chi connectivity index (χ1) is 26.9. The molecule has 0 unspecified atom stereocenters. The Morgan fingerprint density at radius 1 is 0.400 bits per heavy atom. The highest BCUT2D eigenvalue weighted by molar-refractivity contribution is 6.68. The molecule has 10 heteroatoms. The molecule has 10 rings (SSSR count). The first-order valence-corrected chi connectivity index (χ1v) is 17.7. The molecule has 0 fully saturated rings. The van der Waals surface area contributed by atoms with Crippen LogP contribution in [0.5, 0.6) is 0 Å². The smallest absolute Gasteiger partial charge is 0.164 e. The number of furan rings is 1. The summed E-state index contributed by atoms with van der Waals surface area (Å²) in [6, 6.07) is 47.4. The predicted molar refractivity (Wildman–Crippen MR) is 230 cm³/mol. The lowest BCUT2D eigenvalue weighted by atomic mass is 9.60. The van der Waals surface area contributed by atoms with Crippen LogP contribution in [-0.4, -0.2) is 58.8 Å². The van der Waals surface area contributed by atoms with Gasteiger partial charge in [0.05, 0.1) is 22.1 Å². The van der Waals surface area contributed by atoms with Gasteiger partial charge in [0, 0.05) is 32.8 Å². The van der Waals surface area contributed by atoms with Crippen molar-refractivity contribution in [3.63, 3.8) is 0 Å². The average molecular weight is 690 g/mol. The summed E-state index contributed by atoms with van der Waals surface area (Å²) in [5, 5.41) is 4.29.